The van der Waals surface area contributed by atoms with Crippen LogP contribution in [0.1, 0.15) is 35.2 Å². The molecule has 0 aliphatic rings. The van der Waals surface area contributed by atoms with Crippen molar-refractivity contribution in [3.63, 3.8) is 0 Å². The van der Waals surface area contributed by atoms with Crippen molar-refractivity contribution >= 4 is 5.69 Å². The van der Waals surface area contributed by atoms with Crippen LogP contribution in [0.3, 0.4) is 0 Å². The van der Waals surface area contributed by atoms with Crippen LogP contribution in [0, 0.1) is 20.8 Å². The SMILES string of the molecule is CCN(c1cccc(C)c1)C(CN)c1ccc(C)cc1C. The first kappa shape index (κ1) is 15.6. The highest BCUT2D eigenvalue weighted by molar-refractivity contribution is 5.51. The molecule has 0 spiro atoms. The number of benzene rings is 2. The average Bonchev–Trinajstić information content (AvgIpc) is 2.45. The second kappa shape index (κ2) is 6.77. The van der Waals surface area contributed by atoms with Gasteiger partial charge in [0.25, 0.3) is 0 Å². The summed E-state index contributed by atoms with van der Waals surface area (Å²) >= 11 is 0. The number of aryl methyl sites for hydroxylation is 3. The van der Waals surface area contributed by atoms with Crippen LogP contribution in [-0.4, -0.2) is 13.1 Å². The minimum atomic E-state index is 0.220. The molecular formula is C19H26N2. The van der Waals surface area contributed by atoms with Gasteiger partial charge in [-0.1, -0.05) is 35.9 Å². The standard InChI is InChI=1S/C19H26N2/c1-5-21(17-8-6-7-14(2)12-17)19(13-20)18-10-9-15(3)11-16(18)4/h6-12,19H,5,13,20H2,1-4H3. The van der Waals surface area contributed by atoms with E-state index in [1.165, 1.54) is 27.9 Å². The van der Waals surface area contributed by atoms with Gasteiger partial charge in [0, 0.05) is 18.8 Å². The lowest BCUT2D eigenvalue weighted by Gasteiger charge is -2.33. The molecule has 0 aliphatic heterocycles. The molecule has 0 radical (unpaired) electrons. The molecule has 2 rings (SSSR count). The summed E-state index contributed by atoms with van der Waals surface area (Å²) in [6.45, 7) is 10.2. The van der Waals surface area contributed by atoms with E-state index in [4.69, 9.17) is 5.73 Å². The molecule has 1 atom stereocenters. The van der Waals surface area contributed by atoms with E-state index in [9.17, 15) is 0 Å². The average molecular weight is 282 g/mol. The van der Waals surface area contributed by atoms with Gasteiger partial charge in [0.15, 0.2) is 0 Å². The van der Waals surface area contributed by atoms with Crippen LogP contribution in [0.4, 0.5) is 5.69 Å². The van der Waals surface area contributed by atoms with Crippen molar-refractivity contribution in [1.82, 2.24) is 0 Å². The van der Waals surface area contributed by atoms with Crippen LogP contribution in [-0.2, 0) is 0 Å². The first-order valence-electron chi connectivity index (χ1n) is 7.67. The third kappa shape index (κ3) is 3.45. The summed E-state index contributed by atoms with van der Waals surface area (Å²) in [5, 5.41) is 0. The fraction of sp³-hybridized carbons (Fsp3) is 0.368. The Balaban J connectivity index is 2.42. The van der Waals surface area contributed by atoms with E-state index < -0.39 is 0 Å². The van der Waals surface area contributed by atoms with Gasteiger partial charge in [-0.3, -0.25) is 0 Å². The maximum Gasteiger partial charge on any atom is 0.0667 e. The Morgan fingerprint density at radius 3 is 2.29 bits per heavy atom. The molecule has 0 bridgehead atoms. The number of anilines is 1. The lowest BCUT2D eigenvalue weighted by Crippen LogP contribution is -2.34. The Morgan fingerprint density at radius 1 is 1.00 bits per heavy atom. The fourth-order valence-corrected chi connectivity index (χ4v) is 3.01. The van der Waals surface area contributed by atoms with E-state index in [2.05, 4.69) is 75.1 Å². The molecule has 1 unspecified atom stereocenters. The van der Waals surface area contributed by atoms with Gasteiger partial charge in [0.2, 0.25) is 0 Å². The van der Waals surface area contributed by atoms with E-state index in [0.717, 1.165) is 6.54 Å². The van der Waals surface area contributed by atoms with Crippen LogP contribution < -0.4 is 10.6 Å². The number of hydrogen-bond donors (Lipinski definition) is 1. The minimum Gasteiger partial charge on any atom is -0.363 e. The lowest BCUT2D eigenvalue weighted by molar-refractivity contribution is 0.639. The zero-order chi connectivity index (χ0) is 15.4. The molecule has 2 aromatic rings. The summed E-state index contributed by atoms with van der Waals surface area (Å²) in [4.78, 5) is 2.39. The Labute approximate surface area is 128 Å². The smallest absolute Gasteiger partial charge is 0.0667 e. The Hall–Kier alpha value is -1.80. The number of hydrogen-bond acceptors (Lipinski definition) is 2. The van der Waals surface area contributed by atoms with Gasteiger partial charge in [-0.15, -0.1) is 0 Å². The zero-order valence-corrected chi connectivity index (χ0v) is 13.6. The van der Waals surface area contributed by atoms with Crippen molar-refractivity contribution in [2.24, 2.45) is 5.73 Å². The quantitative estimate of drug-likeness (QED) is 0.893. The van der Waals surface area contributed by atoms with Crippen molar-refractivity contribution in [3.05, 3.63) is 64.7 Å². The Bertz CT molecular complexity index is 604. The van der Waals surface area contributed by atoms with Gasteiger partial charge in [-0.05, 0) is 56.5 Å². The summed E-state index contributed by atoms with van der Waals surface area (Å²) in [5.41, 5.74) is 12.6. The molecular weight excluding hydrogens is 256 g/mol. The molecule has 0 aromatic heterocycles. The molecule has 0 heterocycles. The van der Waals surface area contributed by atoms with E-state index in [-0.39, 0.29) is 6.04 Å². The van der Waals surface area contributed by atoms with E-state index >= 15 is 0 Å². The highest BCUT2D eigenvalue weighted by Crippen LogP contribution is 2.29. The first-order valence-corrected chi connectivity index (χ1v) is 7.67. The summed E-state index contributed by atoms with van der Waals surface area (Å²) in [5.74, 6) is 0. The van der Waals surface area contributed by atoms with Crippen molar-refractivity contribution in [3.8, 4) is 0 Å². The number of nitrogens with two attached hydrogens (primary N) is 1. The molecule has 0 fully saturated rings. The van der Waals surface area contributed by atoms with Gasteiger partial charge < -0.3 is 10.6 Å². The van der Waals surface area contributed by atoms with E-state index in [0.29, 0.717) is 6.54 Å². The predicted octanol–water partition coefficient (Wildman–Crippen LogP) is 4.14. The van der Waals surface area contributed by atoms with Crippen molar-refractivity contribution in [2.75, 3.05) is 18.0 Å². The fourth-order valence-electron chi connectivity index (χ4n) is 3.01. The van der Waals surface area contributed by atoms with Crippen LogP contribution in [0.25, 0.3) is 0 Å². The molecule has 0 saturated heterocycles. The van der Waals surface area contributed by atoms with E-state index in [1.54, 1.807) is 0 Å². The van der Waals surface area contributed by atoms with Gasteiger partial charge in [-0.25, -0.2) is 0 Å². The highest BCUT2D eigenvalue weighted by Gasteiger charge is 2.20. The summed E-state index contributed by atoms with van der Waals surface area (Å²) < 4.78 is 0. The van der Waals surface area contributed by atoms with Gasteiger partial charge >= 0.3 is 0 Å². The van der Waals surface area contributed by atoms with Crippen LogP contribution in [0.5, 0.6) is 0 Å². The van der Waals surface area contributed by atoms with Gasteiger partial charge in [0.1, 0.15) is 0 Å². The van der Waals surface area contributed by atoms with Crippen LogP contribution >= 0.6 is 0 Å². The Morgan fingerprint density at radius 2 is 1.71 bits per heavy atom. The Kier molecular flexibility index (Phi) is 5.03. The molecule has 0 aliphatic carbocycles. The van der Waals surface area contributed by atoms with Gasteiger partial charge in [0.05, 0.1) is 6.04 Å². The van der Waals surface area contributed by atoms with Gasteiger partial charge in [-0.2, -0.15) is 0 Å². The van der Waals surface area contributed by atoms with Crippen LogP contribution in [0.2, 0.25) is 0 Å². The third-order valence-electron chi connectivity index (χ3n) is 4.06. The van der Waals surface area contributed by atoms with Crippen molar-refractivity contribution < 1.29 is 0 Å². The molecule has 2 nitrogen and oxygen atoms in total. The minimum absolute atomic E-state index is 0.220. The number of likely N-dealkylation sites (N-methyl/N-ethyl adjacent to an activating group) is 1. The molecule has 2 heteroatoms. The van der Waals surface area contributed by atoms with Crippen LogP contribution in [0.15, 0.2) is 42.5 Å². The first-order chi connectivity index (χ1) is 10.1. The zero-order valence-electron chi connectivity index (χ0n) is 13.6. The molecule has 2 N–H and O–H groups in total. The maximum absolute atomic E-state index is 6.12. The highest BCUT2D eigenvalue weighted by atomic mass is 15.2. The maximum atomic E-state index is 6.12. The molecule has 112 valence electrons. The van der Waals surface area contributed by atoms with Crippen molar-refractivity contribution in [1.29, 1.82) is 0 Å². The summed E-state index contributed by atoms with van der Waals surface area (Å²) in [6, 6.07) is 15.5. The monoisotopic (exact) mass is 282 g/mol. The number of rotatable bonds is 5. The molecule has 21 heavy (non-hydrogen) atoms. The second-order valence-electron chi connectivity index (χ2n) is 5.74. The summed E-state index contributed by atoms with van der Waals surface area (Å²) in [7, 11) is 0. The summed E-state index contributed by atoms with van der Waals surface area (Å²) in [6.07, 6.45) is 0. The second-order valence-corrected chi connectivity index (χ2v) is 5.74. The topological polar surface area (TPSA) is 29.3 Å². The normalized spacial score (nSPS) is 12.2. The molecule has 0 amide bonds. The predicted molar refractivity (Wildman–Crippen MR) is 91.9 cm³/mol. The lowest BCUT2D eigenvalue weighted by atomic mass is 9.97. The van der Waals surface area contributed by atoms with Crippen molar-refractivity contribution in [2.45, 2.75) is 33.7 Å². The largest absolute Gasteiger partial charge is 0.363 e. The molecule has 0 saturated carbocycles. The van der Waals surface area contributed by atoms with E-state index in [1.807, 2.05) is 0 Å². The third-order valence-corrected chi connectivity index (χ3v) is 4.06. The number of nitrogens with zero attached hydrogens (tertiary/aromatic N) is 1. The molecule has 2 aromatic carbocycles.